The summed E-state index contributed by atoms with van der Waals surface area (Å²) in [5, 5.41) is 3.03. The van der Waals surface area contributed by atoms with E-state index in [0.29, 0.717) is 5.56 Å². The van der Waals surface area contributed by atoms with Gasteiger partial charge < -0.3 is 5.32 Å². The van der Waals surface area contributed by atoms with Crippen molar-refractivity contribution in [3.05, 3.63) is 82.9 Å². The second kappa shape index (κ2) is 6.95. The molecule has 2 rings (SSSR count). The smallest absolute Gasteiger partial charge is 0.388 e. The van der Waals surface area contributed by atoms with E-state index < -0.39 is 11.7 Å². The van der Waals surface area contributed by atoms with Gasteiger partial charge in [0.25, 0.3) is 0 Å². The zero-order chi connectivity index (χ0) is 17.9. The lowest BCUT2D eigenvalue weighted by atomic mass is 9.91. The Balaban J connectivity index is 2.62. The maximum absolute atomic E-state index is 13.1. The molecule has 2 aromatic rings. The molecule has 0 saturated carbocycles. The van der Waals surface area contributed by atoms with Gasteiger partial charge in [0.2, 0.25) is 0 Å². The molecule has 0 radical (unpaired) electrons. The third kappa shape index (κ3) is 4.07. The Kier molecular flexibility index (Phi) is 5.17. The highest BCUT2D eigenvalue weighted by Crippen LogP contribution is 2.35. The summed E-state index contributed by atoms with van der Waals surface area (Å²) in [5.41, 5.74) is 3.99. The Morgan fingerprint density at radius 2 is 1.71 bits per heavy atom. The molecular formula is C20H20F3N. The molecule has 0 fully saturated rings. The average Bonchev–Trinajstić information content (AvgIpc) is 2.52. The monoisotopic (exact) mass is 331 g/mol. The first kappa shape index (κ1) is 17.9. The van der Waals surface area contributed by atoms with Crippen LogP contribution in [0.4, 0.5) is 18.9 Å². The second-order valence-electron chi connectivity index (χ2n) is 5.76. The Bertz CT molecular complexity index is 768. The summed E-state index contributed by atoms with van der Waals surface area (Å²) >= 11 is 0. The lowest BCUT2D eigenvalue weighted by molar-refractivity contribution is -0.137. The second-order valence-corrected chi connectivity index (χ2v) is 5.76. The first-order valence-corrected chi connectivity index (χ1v) is 7.56. The van der Waals surface area contributed by atoms with Crippen LogP contribution in [0.2, 0.25) is 0 Å². The number of alkyl halides is 3. The molecular weight excluding hydrogens is 311 g/mol. The highest BCUT2D eigenvalue weighted by Gasteiger charge is 2.31. The minimum Gasteiger partial charge on any atom is -0.388 e. The van der Waals surface area contributed by atoms with Crippen molar-refractivity contribution in [2.75, 3.05) is 12.4 Å². The van der Waals surface area contributed by atoms with E-state index in [0.717, 1.165) is 34.0 Å². The third-order valence-corrected chi connectivity index (χ3v) is 3.73. The van der Waals surface area contributed by atoms with Gasteiger partial charge in [0, 0.05) is 12.7 Å². The summed E-state index contributed by atoms with van der Waals surface area (Å²) in [6, 6.07) is 11.4. The SMILES string of the molecule is C=C(C)C=C(c1ccc(NC)cc1)c1cc(C(F)(F)F)ccc1C. The van der Waals surface area contributed by atoms with Crippen molar-refractivity contribution in [2.45, 2.75) is 20.0 Å². The molecule has 0 amide bonds. The van der Waals surface area contributed by atoms with Gasteiger partial charge in [0.15, 0.2) is 0 Å². The van der Waals surface area contributed by atoms with Gasteiger partial charge in [-0.25, -0.2) is 0 Å². The highest BCUT2D eigenvalue weighted by molar-refractivity contribution is 5.83. The van der Waals surface area contributed by atoms with Crippen LogP contribution >= 0.6 is 0 Å². The van der Waals surface area contributed by atoms with Crippen LogP contribution in [0, 0.1) is 6.92 Å². The van der Waals surface area contributed by atoms with Crippen molar-refractivity contribution >= 4 is 11.3 Å². The first-order valence-electron chi connectivity index (χ1n) is 7.56. The topological polar surface area (TPSA) is 12.0 Å². The summed E-state index contributed by atoms with van der Waals surface area (Å²) in [6.07, 6.45) is -2.55. The van der Waals surface area contributed by atoms with E-state index in [2.05, 4.69) is 11.9 Å². The molecule has 0 saturated heterocycles. The van der Waals surface area contributed by atoms with Crippen molar-refractivity contribution in [1.82, 2.24) is 0 Å². The predicted octanol–water partition coefficient (Wildman–Crippen LogP) is 6.06. The number of halogens is 3. The molecule has 0 aromatic heterocycles. The van der Waals surface area contributed by atoms with E-state index in [1.165, 1.54) is 12.1 Å². The number of aryl methyl sites for hydroxylation is 1. The van der Waals surface area contributed by atoms with E-state index >= 15 is 0 Å². The van der Waals surface area contributed by atoms with E-state index in [9.17, 15) is 13.2 Å². The van der Waals surface area contributed by atoms with Crippen LogP contribution in [-0.4, -0.2) is 7.05 Å². The van der Waals surface area contributed by atoms with Gasteiger partial charge >= 0.3 is 6.18 Å². The third-order valence-electron chi connectivity index (χ3n) is 3.73. The number of hydrogen-bond acceptors (Lipinski definition) is 1. The predicted molar refractivity (Wildman–Crippen MR) is 94.1 cm³/mol. The lowest BCUT2D eigenvalue weighted by Crippen LogP contribution is -2.06. The van der Waals surface area contributed by atoms with E-state index in [1.54, 1.807) is 0 Å². The molecule has 0 heterocycles. The summed E-state index contributed by atoms with van der Waals surface area (Å²) < 4.78 is 39.2. The quantitative estimate of drug-likeness (QED) is 0.671. The first-order chi connectivity index (χ1) is 11.2. The van der Waals surface area contributed by atoms with E-state index in [1.807, 2.05) is 51.2 Å². The molecule has 1 nitrogen and oxygen atoms in total. The molecule has 1 N–H and O–H groups in total. The molecule has 0 aliphatic rings. The molecule has 0 unspecified atom stereocenters. The van der Waals surface area contributed by atoms with Gasteiger partial charge in [0.05, 0.1) is 5.56 Å². The highest BCUT2D eigenvalue weighted by atomic mass is 19.4. The van der Waals surface area contributed by atoms with E-state index in [4.69, 9.17) is 0 Å². The van der Waals surface area contributed by atoms with Gasteiger partial charge in [-0.15, -0.1) is 0 Å². The molecule has 4 heteroatoms. The van der Waals surface area contributed by atoms with Crippen molar-refractivity contribution in [1.29, 1.82) is 0 Å². The van der Waals surface area contributed by atoms with Gasteiger partial charge in [-0.05, 0) is 60.4 Å². The minimum atomic E-state index is -4.37. The number of allylic oxidation sites excluding steroid dienone is 2. The Labute approximate surface area is 140 Å². The van der Waals surface area contributed by atoms with Crippen LogP contribution in [0.3, 0.4) is 0 Å². The van der Waals surface area contributed by atoms with Crippen molar-refractivity contribution in [3.8, 4) is 0 Å². The summed E-state index contributed by atoms with van der Waals surface area (Å²) in [5.74, 6) is 0. The Morgan fingerprint density at radius 3 is 2.21 bits per heavy atom. The summed E-state index contributed by atoms with van der Waals surface area (Å²) in [6.45, 7) is 7.50. The lowest BCUT2D eigenvalue weighted by Gasteiger charge is -2.15. The molecule has 0 bridgehead atoms. The number of hydrogen-bond donors (Lipinski definition) is 1. The van der Waals surface area contributed by atoms with Crippen LogP contribution in [0.5, 0.6) is 0 Å². The molecule has 0 atom stereocenters. The molecule has 0 spiro atoms. The fourth-order valence-electron chi connectivity index (χ4n) is 2.47. The normalized spacial score (nSPS) is 12.2. The number of anilines is 1. The van der Waals surface area contributed by atoms with Crippen molar-refractivity contribution in [3.63, 3.8) is 0 Å². The fourth-order valence-corrected chi connectivity index (χ4v) is 2.47. The zero-order valence-electron chi connectivity index (χ0n) is 14.0. The van der Waals surface area contributed by atoms with Crippen LogP contribution < -0.4 is 5.32 Å². The van der Waals surface area contributed by atoms with E-state index in [-0.39, 0.29) is 0 Å². The van der Waals surface area contributed by atoms with Gasteiger partial charge in [-0.3, -0.25) is 0 Å². The standard InChI is InChI=1S/C20H20F3N/c1-13(2)11-19(15-6-9-17(24-4)10-7-15)18-12-16(20(21,22)23)8-5-14(18)3/h5-12,24H,1H2,2-4H3. The summed E-state index contributed by atoms with van der Waals surface area (Å²) in [7, 11) is 1.82. The molecule has 0 aliphatic carbocycles. The van der Waals surface area contributed by atoms with Crippen LogP contribution in [0.1, 0.15) is 29.2 Å². The number of rotatable bonds is 4. The van der Waals surface area contributed by atoms with Gasteiger partial charge in [-0.2, -0.15) is 13.2 Å². The molecule has 24 heavy (non-hydrogen) atoms. The molecule has 126 valence electrons. The average molecular weight is 331 g/mol. The molecule has 2 aromatic carbocycles. The number of benzene rings is 2. The van der Waals surface area contributed by atoms with Crippen LogP contribution in [0.15, 0.2) is 60.7 Å². The molecule has 0 aliphatic heterocycles. The van der Waals surface area contributed by atoms with Crippen molar-refractivity contribution in [2.24, 2.45) is 0 Å². The zero-order valence-corrected chi connectivity index (χ0v) is 14.0. The maximum Gasteiger partial charge on any atom is 0.416 e. The van der Waals surface area contributed by atoms with Gasteiger partial charge in [-0.1, -0.05) is 36.4 Å². The van der Waals surface area contributed by atoms with Crippen molar-refractivity contribution < 1.29 is 13.2 Å². The minimum absolute atomic E-state index is 0.560. The van der Waals surface area contributed by atoms with Crippen LogP contribution in [-0.2, 0) is 6.18 Å². The fraction of sp³-hybridized carbons (Fsp3) is 0.200. The Morgan fingerprint density at radius 1 is 1.08 bits per heavy atom. The Hall–Kier alpha value is -2.49. The van der Waals surface area contributed by atoms with Crippen LogP contribution in [0.25, 0.3) is 5.57 Å². The number of nitrogens with one attached hydrogen (secondary N) is 1. The van der Waals surface area contributed by atoms with Gasteiger partial charge in [0.1, 0.15) is 0 Å². The largest absolute Gasteiger partial charge is 0.416 e. The maximum atomic E-state index is 13.1. The summed E-state index contributed by atoms with van der Waals surface area (Å²) in [4.78, 5) is 0.